The number of fused-ring (bicyclic) bond motifs is 1. The molecule has 2 aromatic rings. The lowest BCUT2D eigenvalue weighted by molar-refractivity contribution is -0.0679. The number of ether oxygens (including phenoxy) is 2. The van der Waals surface area contributed by atoms with Gasteiger partial charge in [-0.25, -0.2) is 0 Å². The molecule has 0 spiro atoms. The van der Waals surface area contributed by atoms with Crippen LogP contribution in [-0.2, 0) is 4.74 Å². The van der Waals surface area contributed by atoms with Crippen molar-refractivity contribution in [2.75, 3.05) is 32.8 Å². The number of nitrogens with zero attached hydrogens (tertiary/aromatic N) is 1. The second kappa shape index (κ2) is 8.56. The van der Waals surface area contributed by atoms with E-state index in [9.17, 15) is 4.79 Å². The smallest absolute Gasteiger partial charge is 0.267 e. The van der Waals surface area contributed by atoms with Crippen LogP contribution < -0.4 is 10.1 Å². The predicted molar refractivity (Wildman–Crippen MR) is 103 cm³/mol. The first kappa shape index (κ1) is 18.7. The summed E-state index contributed by atoms with van der Waals surface area (Å²) in [5, 5.41) is 4.01. The minimum absolute atomic E-state index is 0.0668. The van der Waals surface area contributed by atoms with Gasteiger partial charge in [-0.3, -0.25) is 9.69 Å². The average molecular weight is 359 g/mol. The first-order chi connectivity index (χ1) is 12.5. The lowest BCUT2D eigenvalue weighted by atomic mass is 10.2. The lowest BCUT2D eigenvalue weighted by Gasteiger charge is -2.35. The Labute approximate surface area is 154 Å². The molecule has 1 aromatic heterocycles. The molecule has 3 rings (SSSR count). The highest BCUT2D eigenvalue weighted by Crippen LogP contribution is 2.21. The number of carbonyl (C=O) groups is 1. The third kappa shape index (κ3) is 4.77. The highest BCUT2D eigenvalue weighted by molar-refractivity contribution is 5.98. The quantitative estimate of drug-likeness (QED) is 0.746. The van der Waals surface area contributed by atoms with Crippen LogP contribution in [0.15, 0.2) is 24.3 Å². The molecule has 2 atom stereocenters. The van der Waals surface area contributed by atoms with Gasteiger partial charge in [0.1, 0.15) is 11.4 Å². The maximum atomic E-state index is 12.4. The van der Waals surface area contributed by atoms with E-state index in [1.54, 1.807) is 0 Å². The highest BCUT2D eigenvalue weighted by atomic mass is 16.5. The molecule has 0 aliphatic carbocycles. The van der Waals surface area contributed by atoms with Crippen molar-refractivity contribution < 1.29 is 14.3 Å². The molecule has 1 amide bonds. The van der Waals surface area contributed by atoms with Crippen LogP contribution in [0.5, 0.6) is 5.75 Å². The van der Waals surface area contributed by atoms with Crippen LogP contribution in [0.1, 0.15) is 37.7 Å². The van der Waals surface area contributed by atoms with Crippen molar-refractivity contribution in [3.05, 3.63) is 30.0 Å². The van der Waals surface area contributed by atoms with E-state index < -0.39 is 0 Å². The lowest BCUT2D eigenvalue weighted by Crippen LogP contribution is -2.46. The maximum Gasteiger partial charge on any atom is 0.267 e. The minimum atomic E-state index is -0.0668. The summed E-state index contributed by atoms with van der Waals surface area (Å²) in [6, 6.07) is 7.70. The summed E-state index contributed by atoms with van der Waals surface area (Å²) < 4.78 is 11.2. The van der Waals surface area contributed by atoms with Crippen molar-refractivity contribution in [2.24, 2.45) is 0 Å². The van der Waals surface area contributed by atoms with E-state index in [0.717, 1.165) is 42.7 Å². The monoisotopic (exact) mass is 359 g/mol. The van der Waals surface area contributed by atoms with Gasteiger partial charge in [0.15, 0.2) is 0 Å². The fraction of sp³-hybridized carbons (Fsp3) is 0.550. The number of benzene rings is 1. The van der Waals surface area contributed by atoms with Crippen LogP contribution in [0.4, 0.5) is 0 Å². The average Bonchev–Trinajstić information content (AvgIpc) is 3.01. The first-order valence-electron chi connectivity index (χ1n) is 9.46. The van der Waals surface area contributed by atoms with Gasteiger partial charge in [-0.15, -0.1) is 0 Å². The Bertz CT molecular complexity index is 733. The van der Waals surface area contributed by atoms with Gasteiger partial charge in [-0.1, -0.05) is 0 Å². The number of aromatic nitrogens is 1. The van der Waals surface area contributed by atoms with E-state index in [-0.39, 0.29) is 18.1 Å². The molecule has 0 radical (unpaired) electrons. The van der Waals surface area contributed by atoms with E-state index in [2.05, 4.69) is 29.0 Å². The number of carbonyl (C=O) groups excluding carboxylic acids is 1. The van der Waals surface area contributed by atoms with Gasteiger partial charge >= 0.3 is 0 Å². The number of nitrogens with one attached hydrogen (secondary N) is 2. The number of hydrogen-bond acceptors (Lipinski definition) is 4. The van der Waals surface area contributed by atoms with Crippen LogP contribution >= 0.6 is 0 Å². The summed E-state index contributed by atoms with van der Waals surface area (Å²) in [4.78, 5) is 18.0. The summed E-state index contributed by atoms with van der Waals surface area (Å²) >= 11 is 0. The number of aromatic amines is 1. The molecule has 142 valence electrons. The van der Waals surface area contributed by atoms with Crippen LogP contribution in [0, 0.1) is 0 Å². The molecule has 2 N–H and O–H groups in total. The predicted octanol–water partition coefficient (Wildman–Crippen LogP) is 2.80. The molecule has 1 fully saturated rings. The van der Waals surface area contributed by atoms with E-state index in [0.29, 0.717) is 18.8 Å². The van der Waals surface area contributed by atoms with E-state index in [4.69, 9.17) is 9.47 Å². The van der Waals surface area contributed by atoms with E-state index >= 15 is 0 Å². The van der Waals surface area contributed by atoms with Crippen molar-refractivity contribution in [2.45, 2.75) is 39.4 Å². The van der Waals surface area contributed by atoms with Crippen molar-refractivity contribution >= 4 is 16.8 Å². The first-order valence-corrected chi connectivity index (χ1v) is 9.46. The zero-order valence-electron chi connectivity index (χ0n) is 15.9. The molecule has 6 nitrogen and oxygen atoms in total. The molecule has 0 saturated carbocycles. The molecular weight excluding hydrogens is 330 g/mol. The molecular formula is C20H29N3O3. The Kier molecular flexibility index (Phi) is 6.16. The van der Waals surface area contributed by atoms with E-state index in [1.165, 1.54) is 0 Å². The molecule has 2 heterocycles. The molecule has 1 aliphatic rings. The normalized spacial score (nSPS) is 21.0. The molecule has 26 heavy (non-hydrogen) atoms. The van der Waals surface area contributed by atoms with Gasteiger partial charge in [0.05, 0.1) is 18.8 Å². The molecule has 1 aliphatic heterocycles. The fourth-order valence-corrected chi connectivity index (χ4v) is 3.55. The summed E-state index contributed by atoms with van der Waals surface area (Å²) in [6.45, 7) is 10.4. The van der Waals surface area contributed by atoms with E-state index in [1.807, 2.05) is 31.2 Å². The van der Waals surface area contributed by atoms with Crippen molar-refractivity contribution in [3.8, 4) is 5.75 Å². The fourth-order valence-electron chi connectivity index (χ4n) is 3.55. The van der Waals surface area contributed by atoms with Gasteiger partial charge < -0.3 is 19.8 Å². The molecule has 1 aromatic carbocycles. The zero-order valence-corrected chi connectivity index (χ0v) is 15.9. The molecule has 0 bridgehead atoms. The summed E-state index contributed by atoms with van der Waals surface area (Å²) in [7, 11) is 0. The largest absolute Gasteiger partial charge is 0.494 e. The highest BCUT2D eigenvalue weighted by Gasteiger charge is 2.21. The number of morpholine rings is 1. The molecule has 1 saturated heterocycles. The zero-order chi connectivity index (χ0) is 18.5. The summed E-state index contributed by atoms with van der Waals surface area (Å²) in [6.07, 6.45) is 1.49. The number of H-pyrrole nitrogens is 1. The Hall–Kier alpha value is -2.05. The summed E-state index contributed by atoms with van der Waals surface area (Å²) in [5.74, 6) is 0.741. The number of amides is 1. The SMILES string of the molecule is CCOc1ccc2cc(C(=O)NCCCN3CC(C)OC(C)C3)[nH]c2c1. The van der Waals surface area contributed by atoms with Crippen LogP contribution in [0.2, 0.25) is 0 Å². The number of hydrogen-bond donors (Lipinski definition) is 2. The Morgan fingerprint density at radius 3 is 2.81 bits per heavy atom. The maximum absolute atomic E-state index is 12.4. The van der Waals surface area contributed by atoms with Crippen LogP contribution in [0.3, 0.4) is 0 Å². The summed E-state index contributed by atoms with van der Waals surface area (Å²) in [5.41, 5.74) is 1.50. The Morgan fingerprint density at radius 1 is 1.31 bits per heavy atom. The van der Waals surface area contributed by atoms with Crippen LogP contribution in [0.25, 0.3) is 10.9 Å². The van der Waals surface area contributed by atoms with Crippen molar-refractivity contribution in [1.29, 1.82) is 0 Å². The Morgan fingerprint density at radius 2 is 2.08 bits per heavy atom. The Balaban J connectivity index is 1.48. The van der Waals surface area contributed by atoms with Gasteiger partial charge in [0, 0.05) is 43.1 Å². The van der Waals surface area contributed by atoms with Gasteiger partial charge in [0.25, 0.3) is 5.91 Å². The van der Waals surface area contributed by atoms with Crippen molar-refractivity contribution in [1.82, 2.24) is 15.2 Å². The third-order valence-electron chi connectivity index (χ3n) is 4.58. The minimum Gasteiger partial charge on any atom is -0.494 e. The van der Waals surface area contributed by atoms with Crippen LogP contribution in [-0.4, -0.2) is 60.8 Å². The second-order valence-corrected chi connectivity index (χ2v) is 6.99. The number of rotatable bonds is 7. The molecule has 2 unspecified atom stereocenters. The standard InChI is InChI=1S/C20H29N3O3/c1-4-25-17-7-6-16-10-19(22-18(16)11-17)20(24)21-8-5-9-23-12-14(2)26-15(3)13-23/h6-7,10-11,14-15,22H,4-5,8-9,12-13H2,1-3H3,(H,21,24). The van der Waals surface area contributed by atoms with Gasteiger partial charge in [0.2, 0.25) is 0 Å². The van der Waals surface area contributed by atoms with Gasteiger partial charge in [-0.2, -0.15) is 0 Å². The molecule has 6 heteroatoms. The van der Waals surface area contributed by atoms with Crippen molar-refractivity contribution in [3.63, 3.8) is 0 Å². The van der Waals surface area contributed by atoms with Gasteiger partial charge in [-0.05, 0) is 45.4 Å². The second-order valence-electron chi connectivity index (χ2n) is 6.99. The topological polar surface area (TPSA) is 66.6 Å². The third-order valence-corrected chi connectivity index (χ3v) is 4.58.